The lowest BCUT2D eigenvalue weighted by atomic mass is 10.1. The Morgan fingerprint density at radius 3 is 1.62 bits per heavy atom. The number of hydroxylamine groups is 2. The molecule has 0 aliphatic carbocycles. The second-order valence-corrected chi connectivity index (χ2v) is 11.5. The van der Waals surface area contributed by atoms with Gasteiger partial charge in [-0.05, 0) is 74.5 Å². The van der Waals surface area contributed by atoms with Crippen molar-refractivity contribution < 1.29 is 37.5 Å². The maximum atomic E-state index is 12.8. The fourth-order valence-corrected chi connectivity index (χ4v) is 5.81. The fraction of sp³-hybridized carbons (Fsp3) is 0.286. The van der Waals surface area contributed by atoms with E-state index in [1.165, 1.54) is 40.7 Å². The van der Waals surface area contributed by atoms with E-state index in [0.29, 0.717) is 37.6 Å². The first-order valence-electron chi connectivity index (χ1n) is 13.2. The largest absolute Gasteiger partial charge is 0.478 e. The monoisotopic (exact) mass is 618 g/mol. The molecule has 0 aliphatic heterocycles. The van der Waals surface area contributed by atoms with Crippen LogP contribution < -0.4 is 10.6 Å². The lowest BCUT2D eigenvalue weighted by Crippen LogP contribution is -2.30. The van der Waals surface area contributed by atoms with Gasteiger partial charge >= 0.3 is 11.9 Å². The van der Waals surface area contributed by atoms with Crippen molar-refractivity contribution in [1.29, 1.82) is 0 Å². The van der Waals surface area contributed by atoms with Crippen LogP contribution in [0.4, 0.5) is 22.7 Å². The Morgan fingerprint density at radius 1 is 0.762 bits per heavy atom. The van der Waals surface area contributed by atoms with Crippen LogP contribution in [0.1, 0.15) is 48.4 Å². The molecule has 0 heterocycles. The molecule has 0 saturated heterocycles. The van der Waals surface area contributed by atoms with E-state index >= 15 is 0 Å². The first kappa shape index (κ1) is 32.8. The molecule has 4 N–H and O–H groups in total. The zero-order chi connectivity index (χ0) is 30.9. The average molecular weight is 619 g/mol. The van der Waals surface area contributed by atoms with Crippen molar-refractivity contribution in [3.63, 3.8) is 0 Å². The number of carboxylic acid groups (broad SMARTS) is 2. The van der Waals surface area contributed by atoms with Gasteiger partial charge in [0.1, 0.15) is 0 Å². The number of rotatable bonds is 16. The predicted molar refractivity (Wildman–Crippen MR) is 161 cm³/mol. The number of benzene rings is 3. The molecule has 0 saturated carbocycles. The van der Waals surface area contributed by atoms with Gasteiger partial charge in [-0.2, -0.15) is 9.37 Å². The Balaban J connectivity index is 1.83. The lowest BCUT2D eigenvalue weighted by molar-refractivity contribution is -0.357. The summed E-state index contributed by atoms with van der Waals surface area (Å²) in [5, 5.41) is 27.3. The van der Waals surface area contributed by atoms with E-state index in [2.05, 4.69) is 10.6 Å². The van der Waals surface area contributed by atoms with Crippen LogP contribution in [0.15, 0.2) is 70.5 Å². The van der Waals surface area contributed by atoms with Crippen LogP contribution in [-0.4, -0.2) is 66.1 Å². The maximum Gasteiger partial charge on any atom is 0.337 e. The molecular weight excluding hydrogens is 584 g/mol. The number of nitrogens with zero attached hydrogens (tertiary/aromatic N) is 2. The van der Waals surface area contributed by atoms with Crippen LogP contribution in [0.5, 0.6) is 0 Å². The molecule has 0 bridgehead atoms. The molecule has 0 aromatic heterocycles. The summed E-state index contributed by atoms with van der Waals surface area (Å²) < 4.78 is 32.0. The minimum atomic E-state index is -3.67. The van der Waals surface area contributed by atoms with E-state index in [9.17, 15) is 28.2 Å². The van der Waals surface area contributed by atoms with Gasteiger partial charge in [0, 0.05) is 42.4 Å². The van der Waals surface area contributed by atoms with E-state index in [4.69, 9.17) is 9.32 Å². The van der Waals surface area contributed by atoms with Crippen molar-refractivity contribution in [3.8, 4) is 0 Å². The fourth-order valence-electron chi connectivity index (χ4n) is 3.91. The number of hydrogen-bond acceptors (Lipinski definition) is 10. The molecule has 226 valence electrons. The summed E-state index contributed by atoms with van der Waals surface area (Å²) in [6, 6.07) is 15.1. The van der Waals surface area contributed by atoms with Crippen molar-refractivity contribution in [2.45, 2.75) is 37.5 Å². The molecule has 3 aromatic rings. The molecule has 12 nitrogen and oxygen atoms in total. The summed E-state index contributed by atoms with van der Waals surface area (Å²) in [5.74, 6) is -2.55. The summed E-state index contributed by atoms with van der Waals surface area (Å²) in [4.78, 5) is 30.2. The van der Waals surface area contributed by atoms with Gasteiger partial charge in [-0.15, -0.1) is 9.32 Å². The smallest absolute Gasteiger partial charge is 0.337 e. The first-order chi connectivity index (χ1) is 20.0. The highest BCUT2D eigenvalue weighted by Crippen LogP contribution is 2.32. The lowest BCUT2D eigenvalue weighted by Gasteiger charge is -2.19. The molecule has 0 atom stereocenters. The molecule has 3 rings (SSSR count). The van der Waals surface area contributed by atoms with Crippen molar-refractivity contribution in [3.05, 3.63) is 71.8 Å². The zero-order valence-corrected chi connectivity index (χ0v) is 25.3. The minimum Gasteiger partial charge on any atom is -0.478 e. The quantitative estimate of drug-likeness (QED) is 0.0868. The minimum absolute atomic E-state index is 0.0295. The Bertz CT molecular complexity index is 1470. The standard InChI is InChI=1S/C28H34N4O8S2/c1-5-31(6-2)39-40-41-21-13-9-19(10-14-21)29-25-17-24(28(35)36)26(18-23(25)27(33)34)30-20-11-15-22(16-12-20)42(37,38)32(7-3)8-4/h9-18,29-30H,5-8H2,1-4H3,(H,33,34)(H,35,36). The highest BCUT2D eigenvalue weighted by Gasteiger charge is 2.22. The molecule has 0 aliphatic rings. The van der Waals surface area contributed by atoms with Crippen molar-refractivity contribution >= 4 is 56.8 Å². The van der Waals surface area contributed by atoms with Crippen LogP contribution in [0, 0.1) is 0 Å². The third kappa shape index (κ3) is 8.21. The number of anilines is 4. The SMILES string of the molecule is CCN(CC)OOSc1ccc(Nc2cc(C(=O)O)c(Nc3ccc(S(=O)(=O)N(CC)CC)cc3)cc2C(=O)O)cc1. The van der Waals surface area contributed by atoms with E-state index < -0.39 is 22.0 Å². The summed E-state index contributed by atoms with van der Waals surface area (Å²) >= 11 is 1.01. The molecule has 0 radical (unpaired) electrons. The van der Waals surface area contributed by atoms with E-state index in [1.807, 2.05) is 13.8 Å². The molecule has 0 spiro atoms. The van der Waals surface area contributed by atoms with Gasteiger partial charge in [0.2, 0.25) is 10.0 Å². The second kappa shape index (κ2) is 15.0. The second-order valence-electron chi connectivity index (χ2n) is 8.78. The topological polar surface area (TPSA) is 158 Å². The Labute approximate surface area is 249 Å². The van der Waals surface area contributed by atoms with Crippen LogP contribution in [-0.2, 0) is 19.3 Å². The number of nitrogens with one attached hydrogen (secondary N) is 2. The van der Waals surface area contributed by atoms with Crippen molar-refractivity contribution in [2.75, 3.05) is 36.8 Å². The number of aromatic carboxylic acids is 2. The number of hydrogen-bond donors (Lipinski definition) is 4. The Kier molecular flexibility index (Phi) is 11.7. The summed E-state index contributed by atoms with van der Waals surface area (Å²) in [6.07, 6.45) is 0. The first-order valence-corrected chi connectivity index (χ1v) is 15.4. The third-order valence-electron chi connectivity index (χ3n) is 6.20. The Morgan fingerprint density at radius 2 is 1.21 bits per heavy atom. The highest BCUT2D eigenvalue weighted by molar-refractivity contribution is 7.94. The highest BCUT2D eigenvalue weighted by atomic mass is 32.2. The van der Waals surface area contributed by atoms with Gasteiger partial charge in [-0.1, -0.05) is 13.8 Å². The summed E-state index contributed by atoms with van der Waals surface area (Å²) in [6.45, 7) is 9.32. The summed E-state index contributed by atoms with van der Waals surface area (Å²) in [7, 11) is -3.67. The Hall–Kier alpha value is -3.66. The predicted octanol–water partition coefficient (Wildman–Crippen LogP) is 5.81. The molecular formula is C28H34N4O8S2. The van der Waals surface area contributed by atoms with E-state index in [-0.39, 0.29) is 27.4 Å². The zero-order valence-electron chi connectivity index (χ0n) is 23.7. The van der Waals surface area contributed by atoms with Gasteiger partial charge in [0.05, 0.1) is 39.4 Å². The number of carbonyl (C=O) groups is 2. The van der Waals surface area contributed by atoms with Gasteiger partial charge in [-0.3, -0.25) is 0 Å². The van der Waals surface area contributed by atoms with Gasteiger partial charge < -0.3 is 20.8 Å². The third-order valence-corrected chi connectivity index (χ3v) is 8.86. The van der Waals surface area contributed by atoms with E-state index in [1.54, 1.807) is 43.2 Å². The van der Waals surface area contributed by atoms with Crippen LogP contribution >= 0.6 is 12.0 Å². The van der Waals surface area contributed by atoms with Gasteiger partial charge in [-0.25, -0.2) is 18.0 Å². The van der Waals surface area contributed by atoms with Crippen LogP contribution in [0.25, 0.3) is 0 Å². The molecule has 42 heavy (non-hydrogen) atoms. The summed E-state index contributed by atoms with van der Waals surface area (Å²) in [5.41, 5.74) is 0.658. The van der Waals surface area contributed by atoms with Crippen LogP contribution in [0.3, 0.4) is 0 Å². The number of sulfonamides is 1. The normalized spacial score (nSPS) is 11.6. The molecule has 0 amide bonds. The van der Waals surface area contributed by atoms with E-state index in [0.717, 1.165) is 16.9 Å². The number of carboxylic acids is 2. The van der Waals surface area contributed by atoms with Crippen molar-refractivity contribution in [1.82, 2.24) is 9.37 Å². The van der Waals surface area contributed by atoms with Crippen molar-refractivity contribution in [2.24, 2.45) is 0 Å². The van der Waals surface area contributed by atoms with Gasteiger partial charge in [0.15, 0.2) is 0 Å². The molecule has 14 heteroatoms. The molecule has 0 fully saturated rings. The van der Waals surface area contributed by atoms with Crippen LogP contribution in [0.2, 0.25) is 0 Å². The maximum absolute atomic E-state index is 12.8. The molecule has 3 aromatic carbocycles. The molecule has 0 unspecified atom stereocenters. The van der Waals surface area contributed by atoms with Gasteiger partial charge in [0.25, 0.3) is 0 Å². The average Bonchev–Trinajstić information content (AvgIpc) is 2.97.